The van der Waals surface area contributed by atoms with Crippen molar-refractivity contribution >= 4 is 5.52 Å². The highest BCUT2D eigenvalue weighted by Crippen LogP contribution is 2.25. The highest BCUT2D eigenvalue weighted by atomic mass is 16.3. The van der Waals surface area contributed by atoms with Gasteiger partial charge in [0.1, 0.15) is 5.76 Å². The molecule has 0 unspecified atom stereocenters. The summed E-state index contributed by atoms with van der Waals surface area (Å²) in [5.41, 5.74) is 0.837. The van der Waals surface area contributed by atoms with Gasteiger partial charge in [-0.2, -0.15) is 0 Å². The molecule has 80 valence electrons. The number of hydrogen-bond donors (Lipinski definition) is 1. The van der Waals surface area contributed by atoms with Gasteiger partial charge in [-0.05, 0) is 31.2 Å². The lowest BCUT2D eigenvalue weighted by Crippen LogP contribution is -1.88. The normalized spacial score (nSPS) is 11.1. The molecular weight excluding hydrogens is 204 g/mol. The minimum absolute atomic E-state index is 0.152. The Morgan fingerprint density at radius 1 is 1.25 bits per heavy atom. The van der Waals surface area contributed by atoms with Gasteiger partial charge in [0.2, 0.25) is 0 Å². The fourth-order valence-electron chi connectivity index (χ4n) is 1.76. The quantitative estimate of drug-likeness (QED) is 0.677. The maximum atomic E-state index is 9.79. The summed E-state index contributed by atoms with van der Waals surface area (Å²) in [7, 11) is 0. The molecule has 0 fully saturated rings. The number of hydrogen-bond acceptors (Lipinski definition) is 3. The average Bonchev–Trinajstić information content (AvgIpc) is 2.84. The highest BCUT2D eigenvalue weighted by molar-refractivity contribution is 5.60. The number of aryl methyl sites for hydroxylation is 1. The molecule has 4 heteroatoms. The van der Waals surface area contributed by atoms with Crippen LogP contribution in [0.2, 0.25) is 0 Å². The first-order valence-electron chi connectivity index (χ1n) is 4.98. The molecule has 0 atom stereocenters. The van der Waals surface area contributed by atoms with Gasteiger partial charge in [0.15, 0.2) is 17.5 Å². The molecular formula is C12H10N2O2. The molecule has 0 aliphatic heterocycles. The van der Waals surface area contributed by atoms with Gasteiger partial charge in [-0.15, -0.1) is 0 Å². The van der Waals surface area contributed by atoms with Crippen LogP contribution in [0.3, 0.4) is 0 Å². The van der Waals surface area contributed by atoms with E-state index in [0.717, 1.165) is 11.3 Å². The lowest BCUT2D eigenvalue weighted by molar-refractivity contribution is 0.445. The smallest absolute Gasteiger partial charge is 0.197 e. The topological polar surface area (TPSA) is 50.7 Å². The molecule has 0 bridgehead atoms. The van der Waals surface area contributed by atoms with Crippen LogP contribution in [0.5, 0.6) is 5.88 Å². The Morgan fingerprint density at radius 2 is 2.12 bits per heavy atom. The van der Waals surface area contributed by atoms with Crippen LogP contribution in [0.1, 0.15) is 5.76 Å². The SMILES string of the molecule is Cc1ccc(-c2ncc3cccc(O)n23)o1. The number of furan rings is 1. The third-order valence-corrected chi connectivity index (χ3v) is 2.49. The molecule has 0 radical (unpaired) electrons. The van der Waals surface area contributed by atoms with Gasteiger partial charge in [-0.1, -0.05) is 6.07 Å². The Bertz CT molecular complexity index is 652. The minimum atomic E-state index is 0.152. The summed E-state index contributed by atoms with van der Waals surface area (Å²) >= 11 is 0. The molecule has 0 aliphatic carbocycles. The van der Waals surface area contributed by atoms with E-state index in [4.69, 9.17) is 4.42 Å². The van der Waals surface area contributed by atoms with Gasteiger partial charge in [0.05, 0.1) is 11.7 Å². The number of imidazole rings is 1. The first kappa shape index (κ1) is 9.03. The van der Waals surface area contributed by atoms with Crippen LogP contribution < -0.4 is 0 Å². The van der Waals surface area contributed by atoms with Crippen LogP contribution in [0.25, 0.3) is 17.1 Å². The number of nitrogens with zero attached hydrogens (tertiary/aromatic N) is 2. The number of aromatic hydroxyl groups is 1. The highest BCUT2D eigenvalue weighted by Gasteiger charge is 2.11. The summed E-state index contributed by atoms with van der Waals surface area (Å²) in [6, 6.07) is 9.00. The zero-order valence-electron chi connectivity index (χ0n) is 8.71. The molecule has 0 saturated heterocycles. The molecule has 0 saturated carbocycles. The van der Waals surface area contributed by atoms with E-state index in [1.807, 2.05) is 25.1 Å². The third kappa shape index (κ3) is 1.20. The van der Waals surface area contributed by atoms with Crippen molar-refractivity contribution in [3.05, 3.63) is 42.3 Å². The maximum absolute atomic E-state index is 9.79. The second kappa shape index (κ2) is 3.13. The number of rotatable bonds is 1. The molecule has 0 aromatic carbocycles. The standard InChI is InChI=1S/C12H10N2O2/c1-8-5-6-10(16-8)12-13-7-9-3-2-4-11(15)14(9)12/h2-7,15H,1H3. The fourth-order valence-corrected chi connectivity index (χ4v) is 1.76. The summed E-state index contributed by atoms with van der Waals surface area (Å²) in [4.78, 5) is 4.25. The van der Waals surface area contributed by atoms with Crippen molar-refractivity contribution in [2.45, 2.75) is 6.92 Å². The van der Waals surface area contributed by atoms with E-state index in [9.17, 15) is 5.11 Å². The van der Waals surface area contributed by atoms with E-state index < -0.39 is 0 Å². The zero-order valence-corrected chi connectivity index (χ0v) is 8.71. The predicted molar refractivity (Wildman–Crippen MR) is 59.3 cm³/mol. The first-order chi connectivity index (χ1) is 7.75. The van der Waals surface area contributed by atoms with E-state index >= 15 is 0 Å². The Hall–Kier alpha value is -2.23. The summed E-state index contributed by atoms with van der Waals surface area (Å²) in [5, 5.41) is 9.79. The van der Waals surface area contributed by atoms with Gasteiger partial charge in [0, 0.05) is 0 Å². The number of fused-ring (bicyclic) bond motifs is 1. The summed E-state index contributed by atoms with van der Waals surface area (Å²) in [5.74, 6) is 2.24. The van der Waals surface area contributed by atoms with E-state index in [0.29, 0.717) is 11.6 Å². The van der Waals surface area contributed by atoms with Crippen molar-refractivity contribution in [1.29, 1.82) is 0 Å². The van der Waals surface area contributed by atoms with E-state index in [2.05, 4.69) is 4.98 Å². The summed E-state index contributed by atoms with van der Waals surface area (Å²) in [6.07, 6.45) is 1.70. The monoisotopic (exact) mass is 214 g/mol. The van der Waals surface area contributed by atoms with Crippen LogP contribution in [-0.4, -0.2) is 14.5 Å². The molecule has 16 heavy (non-hydrogen) atoms. The van der Waals surface area contributed by atoms with Crippen molar-refractivity contribution in [3.63, 3.8) is 0 Å². The van der Waals surface area contributed by atoms with E-state index in [-0.39, 0.29) is 5.88 Å². The molecule has 0 amide bonds. The maximum Gasteiger partial charge on any atom is 0.197 e. The van der Waals surface area contributed by atoms with Crippen LogP contribution >= 0.6 is 0 Å². The third-order valence-electron chi connectivity index (χ3n) is 2.49. The molecule has 0 aliphatic rings. The Labute approximate surface area is 91.8 Å². The zero-order chi connectivity index (χ0) is 11.1. The summed E-state index contributed by atoms with van der Waals surface area (Å²) in [6.45, 7) is 1.87. The van der Waals surface area contributed by atoms with Gasteiger partial charge >= 0.3 is 0 Å². The fraction of sp³-hybridized carbons (Fsp3) is 0.0833. The van der Waals surface area contributed by atoms with Crippen molar-refractivity contribution < 1.29 is 9.52 Å². The largest absolute Gasteiger partial charge is 0.494 e. The lowest BCUT2D eigenvalue weighted by atomic mass is 10.4. The Morgan fingerprint density at radius 3 is 2.88 bits per heavy atom. The van der Waals surface area contributed by atoms with Crippen molar-refractivity contribution in [2.75, 3.05) is 0 Å². The van der Waals surface area contributed by atoms with Crippen LogP contribution in [-0.2, 0) is 0 Å². The Kier molecular flexibility index (Phi) is 1.77. The average molecular weight is 214 g/mol. The van der Waals surface area contributed by atoms with Crippen LogP contribution in [0, 0.1) is 6.92 Å². The molecule has 4 nitrogen and oxygen atoms in total. The number of pyridine rings is 1. The second-order valence-electron chi connectivity index (χ2n) is 3.64. The second-order valence-corrected chi connectivity index (χ2v) is 3.64. The molecule has 3 aromatic heterocycles. The van der Waals surface area contributed by atoms with Gasteiger partial charge < -0.3 is 9.52 Å². The van der Waals surface area contributed by atoms with Crippen molar-refractivity contribution in [3.8, 4) is 17.5 Å². The Balaban J connectivity index is 2.32. The lowest BCUT2D eigenvalue weighted by Gasteiger charge is -2.00. The molecule has 3 rings (SSSR count). The number of aromatic nitrogens is 2. The van der Waals surface area contributed by atoms with E-state index in [1.165, 1.54) is 0 Å². The van der Waals surface area contributed by atoms with Gasteiger partial charge in [0.25, 0.3) is 0 Å². The van der Waals surface area contributed by atoms with Crippen LogP contribution in [0.15, 0.2) is 40.9 Å². The van der Waals surface area contributed by atoms with E-state index in [1.54, 1.807) is 22.7 Å². The first-order valence-corrected chi connectivity index (χ1v) is 4.98. The molecule has 0 spiro atoms. The predicted octanol–water partition coefficient (Wildman–Crippen LogP) is 2.61. The van der Waals surface area contributed by atoms with Crippen molar-refractivity contribution in [1.82, 2.24) is 9.38 Å². The minimum Gasteiger partial charge on any atom is -0.494 e. The molecule has 1 N–H and O–H groups in total. The van der Waals surface area contributed by atoms with Crippen molar-refractivity contribution in [2.24, 2.45) is 0 Å². The van der Waals surface area contributed by atoms with Gasteiger partial charge in [-0.3, -0.25) is 4.40 Å². The van der Waals surface area contributed by atoms with Gasteiger partial charge in [-0.25, -0.2) is 4.98 Å². The molecule has 3 heterocycles. The molecule has 3 aromatic rings. The summed E-state index contributed by atoms with van der Waals surface area (Å²) < 4.78 is 7.15. The van der Waals surface area contributed by atoms with Crippen LogP contribution in [0.4, 0.5) is 0 Å².